The minimum Gasteiger partial charge on any atom is -0.478 e. The van der Waals surface area contributed by atoms with Crippen molar-refractivity contribution in [3.63, 3.8) is 0 Å². The van der Waals surface area contributed by atoms with Crippen molar-refractivity contribution in [2.45, 2.75) is 13.8 Å². The minimum atomic E-state index is -0.910. The lowest BCUT2D eigenvalue weighted by Crippen LogP contribution is -2.15. The Balaban J connectivity index is 2.50. The Hall–Kier alpha value is -2.29. The van der Waals surface area contributed by atoms with Gasteiger partial charge in [0.2, 0.25) is 0 Å². The molecule has 3 heteroatoms. The summed E-state index contributed by atoms with van der Waals surface area (Å²) < 4.78 is 0. The van der Waals surface area contributed by atoms with Crippen LogP contribution in [0.2, 0.25) is 0 Å². The molecule has 1 N–H and O–H groups in total. The van der Waals surface area contributed by atoms with Gasteiger partial charge in [0.05, 0.1) is 11.3 Å². The Morgan fingerprint density at radius 1 is 1.05 bits per heavy atom. The van der Waals surface area contributed by atoms with Gasteiger partial charge in [-0.15, -0.1) is 0 Å². The molecule has 0 aliphatic rings. The summed E-state index contributed by atoms with van der Waals surface area (Å²) in [6.07, 6.45) is 0. The molecule has 0 spiro atoms. The maximum atomic E-state index is 11.3. The molecule has 0 heterocycles. The minimum absolute atomic E-state index is 0.310. The van der Waals surface area contributed by atoms with Crippen molar-refractivity contribution in [3.8, 4) is 0 Å². The first-order valence-electron chi connectivity index (χ1n) is 6.14. The van der Waals surface area contributed by atoms with E-state index in [1.54, 1.807) is 12.1 Å². The number of aromatic carboxylic acids is 1. The number of aryl methyl sites for hydroxylation is 2. The maximum Gasteiger partial charge on any atom is 0.337 e. The average Bonchev–Trinajstić information content (AvgIpc) is 2.38. The monoisotopic (exact) mass is 255 g/mol. The molecule has 0 aliphatic heterocycles. The number of para-hydroxylation sites is 1. The van der Waals surface area contributed by atoms with E-state index in [9.17, 15) is 9.90 Å². The molecule has 0 aromatic heterocycles. The van der Waals surface area contributed by atoms with Crippen LogP contribution in [0.4, 0.5) is 11.4 Å². The van der Waals surface area contributed by atoms with Crippen LogP contribution in [0.3, 0.4) is 0 Å². The smallest absolute Gasteiger partial charge is 0.337 e. The van der Waals surface area contributed by atoms with Gasteiger partial charge in [0.1, 0.15) is 0 Å². The Bertz CT molecular complexity index is 620. The SMILES string of the molecule is Cc1ccc(N(C)c2ccccc2C(=O)O)c(C)c1. The van der Waals surface area contributed by atoms with Crippen molar-refractivity contribution in [1.29, 1.82) is 0 Å². The molecule has 0 unspecified atom stereocenters. The number of nitrogens with zero attached hydrogens (tertiary/aromatic N) is 1. The molecule has 0 saturated heterocycles. The van der Waals surface area contributed by atoms with Gasteiger partial charge < -0.3 is 10.0 Å². The van der Waals surface area contributed by atoms with Crippen molar-refractivity contribution in [2.24, 2.45) is 0 Å². The number of carboxylic acids is 1. The van der Waals surface area contributed by atoms with Crippen LogP contribution in [0.25, 0.3) is 0 Å². The predicted molar refractivity (Wildman–Crippen MR) is 77.4 cm³/mol. The number of carboxylic acid groups (broad SMARTS) is 1. The first-order valence-corrected chi connectivity index (χ1v) is 6.14. The van der Waals surface area contributed by atoms with E-state index < -0.39 is 5.97 Å². The summed E-state index contributed by atoms with van der Waals surface area (Å²) in [4.78, 5) is 13.2. The number of hydrogen-bond acceptors (Lipinski definition) is 2. The van der Waals surface area contributed by atoms with E-state index in [-0.39, 0.29) is 0 Å². The second-order valence-electron chi connectivity index (χ2n) is 4.67. The normalized spacial score (nSPS) is 10.3. The molecule has 0 fully saturated rings. The van der Waals surface area contributed by atoms with Crippen molar-refractivity contribution < 1.29 is 9.90 Å². The summed E-state index contributed by atoms with van der Waals surface area (Å²) in [7, 11) is 1.89. The van der Waals surface area contributed by atoms with E-state index in [0.29, 0.717) is 11.3 Å². The molecule has 0 amide bonds. The number of carbonyl (C=O) groups is 1. The van der Waals surface area contributed by atoms with Gasteiger partial charge in [-0.2, -0.15) is 0 Å². The van der Waals surface area contributed by atoms with Gasteiger partial charge >= 0.3 is 5.97 Å². The third-order valence-electron chi connectivity index (χ3n) is 3.21. The van der Waals surface area contributed by atoms with Crippen molar-refractivity contribution in [2.75, 3.05) is 11.9 Å². The fourth-order valence-electron chi connectivity index (χ4n) is 2.26. The van der Waals surface area contributed by atoms with Crippen molar-refractivity contribution in [1.82, 2.24) is 0 Å². The molecule has 0 saturated carbocycles. The topological polar surface area (TPSA) is 40.5 Å². The standard InChI is InChI=1S/C16H17NO2/c1-11-8-9-14(12(2)10-11)17(3)15-7-5-4-6-13(15)16(18)19/h4-10H,1-3H3,(H,18,19). The van der Waals surface area contributed by atoms with Gasteiger partial charge in [-0.25, -0.2) is 4.79 Å². The predicted octanol–water partition coefficient (Wildman–Crippen LogP) is 3.77. The summed E-state index contributed by atoms with van der Waals surface area (Å²) in [6.45, 7) is 4.07. The highest BCUT2D eigenvalue weighted by molar-refractivity contribution is 5.95. The molecular formula is C16H17NO2. The lowest BCUT2D eigenvalue weighted by atomic mass is 10.1. The first-order chi connectivity index (χ1) is 9.00. The van der Waals surface area contributed by atoms with Gasteiger partial charge in [0.15, 0.2) is 0 Å². The maximum absolute atomic E-state index is 11.3. The van der Waals surface area contributed by atoms with E-state index in [0.717, 1.165) is 11.3 Å². The molecule has 0 radical (unpaired) electrons. The van der Waals surface area contributed by atoms with E-state index >= 15 is 0 Å². The molecule has 2 aromatic rings. The third kappa shape index (κ3) is 2.60. The van der Waals surface area contributed by atoms with Crippen LogP contribution in [0.15, 0.2) is 42.5 Å². The van der Waals surface area contributed by atoms with Crippen LogP contribution < -0.4 is 4.90 Å². The summed E-state index contributed by atoms with van der Waals surface area (Å²) in [5.41, 5.74) is 4.34. The molecule has 2 rings (SSSR count). The summed E-state index contributed by atoms with van der Waals surface area (Å²) in [5, 5.41) is 9.25. The van der Waals surface area contributed by atoms with Gasteiger partial charge in [-0.1, -0.05) is 29.8 Å². The van der Waals surface area contributed by atoms with Crippen LogP contribution in [-0.4, -0.2) is 18.1 Å². The van der Waals surface area contributed by atoms with Crippen molar-refractivity contribution >= 4 is 17.3 Å². The lowest BCUT2D eigenvalue weighted by molar-refractivity contribution is 0.0697. The number of anilines is 2. The molecule has 0 aliphatic carbocycles. The highest BCUT2D eigenvalue weighted by atomic mass is 16.4. The largest absolute Gasteiger partial charge is 0.478 e. The molecule has 19 heavy (non-hydrogen) atoms. The Morgan fingerprint density at radius 3 is 2.37 bits per heavy atom. The highest BCUT2D eigenvalue weighted by Crippen LogP contribution is 2.29. The van der Waals surface area contributed by atoms with Crippen LogP contribution in [0.1, 0.15) is 21.5 Å². The fraction of sp³-hybridized carbons (Fsp3) is 0.188. The average molecular weight is 255 g/mol. The molecule has 2 aromatic carbocycles. The zero-order chi connectivity index (χ0) is 14.0. The Morgan fingerprint density at radius 2 is 1.74 bits per heavy atom. The zero-order valence-electron chi connectivity index (χ0n) is 11.3. The van der Waals surface area contributed by atoms with Crippen LogP contribution in [-0.2, 0) is 0 Å². The third-order valence-corrected chi connectivity index (χ3v) is 3.21. The zero-order valence-corrected chi connectivity index (χ0v) is 11.3. The van der Waals surface area contributed by atoms with Gasteiger partial charge in [0, 0.05) is 12.7 Å². The van der Waals surface area contributed by atoms with Crippen LogP contribution in [0, 0.1) is 13.8 Å². The van der Waals surface area contributed by atoms with E-state index in [1.165, 1.54) is 5.56 Å². The molecule has 0 bridgehead atoms. The van der Waals surface area contributed by atoms with E-state index in [1.807, 2.05) is 50.1 Å². The van der Waals surface area contributed by atoms with Gasteiger partial charge in [-0.05, 0) is 37.6 Å². The fourth-order valence-corrected chi connectivity index (χ4v) is 2.26. The first kappa shape index (κ1) is 13.1. The second kappa shape index (κ2) is 5.14. The van der Waals surface area contributed by atoms with Crippen LogP contribution in [0.5, 0.6) is 0 Å². The molecule has 98 valence electrons. The van der Waals surface area contributed by atoms with Gasteiger partial charge in [-0.3, -0.25) is 0 Å². The summed E-state index contributed by atoms with van der Waals surface area (Å²) in [5.74, 6) is -0.910. The molecular weight excluding hydrogens is 238 g/mol. The Kier molecular flexibility index (Phi) is 3.56. The van der Waals surface area contributed by atoms with E-state index in [4.69, 9.17) is 0 Å². The summed E-state index contributed by atoms with van der Waals surface area (Å²) in [6, 6.07) is 13.2. The quantitative estimate of drug-likeness (QED) is 0.907. The van der Waals surface area contributed by atoms with Crippen molar-refractivity contribution in [3.05, 3.63) is 59.2 Å². The Labute approximate surface area is 113 Å². The number of rotatable bonds is 3. The summed E-state index contributed by atoms with van der Waals surface area (Å²) >= 11 is 0. The second-order valence-corrected chi connectivity index (χ2v) is 4.67. The molecule has 0 atom stereocenters. The highest BCUT2D eigenvalue weighted by Gasteiger charge is 2.14. The molecule has 3 nitrogen and oxygen atoms in total. The van der Waals surface area contributed by atoms with Gasteiger partial charge in [0.25, 0.3) is 0 Å². The van der Waals surface area contributed by atoms with Crippen LogP contribution >= 0.6 is 0 Å². The number of hydrogen-bond donors (Lipinski definition) is 1. The number of benzene rings is 2. The lowest BCUT2D eigenvalue weighted by Gasteiger charge is -2.23. The van der Waals surface area contributed by atoms with E-state index in [2.05, 4.69) is 6.07 Å².